The van der Waals surface area contributed by atoms with Gasteiger partial charge in [-0.05, 0) is 56.1 Å². The van der Waals surface area contributed by atoms with Crippen molar-refractivity contribution in [2.45, 2.75) is 60.0 Å². The molecule has 1 amide bonds. The maximum Gasteiger partial charge on any atom is 0.217 e. The number of nitrogens with one attached hydrogen (secondary N) is 1. The van der Waals surface area contributed by atoms with E-state index < -0.39 is 0 Å². The molecular formula is C30H39N7O2S. The summed E-state index contributed by atoms with van der Waals surface area (Å²) >= 11 is 1.64. The summed E-state index contributed by atoms with van der Waals surface area (Å²) < 4.78 is 1.74. The van der Waals surface area contributed by atoms with E-state index in [1.807, 2.05) is 41.9 Å². The molecule has 5 rings (SSSR count). The molecule has 1 N–H and O–H groups in total. The summed E-state index contributed by atoms with van der Waals surface area (Å²) in [7, 11) is 0. The molecule has 1 aliphatic rings. The van der Waals surface area contributed by atoms with Crippen molar-refractivity contribution in [2.24, 2.45) is 0 Å². The average Bonchev–Trinajstić information content (AvgIpc) is 3.59. The first kappa shape index (κ1) is 29.4. The predicted molar refractivity (Wildman–Crippen MR) is 162 cm³/mol. The summed E-state index contributed by atoms with van der Waals surface area (Å²) in [6.07, 6.45) is 4.92. The van der Waals surface area contributed by atoms with Crippen molar-refractivity contribution in [3.8, 4) is 21.8 Å². The van der Waals surface area contributed by atoms with Crippen molar-refractivity contribution in [3.05, 3.63) is 53.7 Å². The van der Waals surface area contributed by atoms with Crippen LogP contribution in [0.25, 0.3) is 27.5 Å². The molecule has 0 spiro atoms. The second-order valence-electron chi connectivity index (χ2n) is 10.1. The summed E-state index contributed by atoms with van der Waals surface area (Å²) in [6, 6.07) is 10.2. The Morgan fingerprint density at radius 2 is 1.93 bits per heavy atom. The number of hydrogen-bond acceptors (Lipinski definition) is 8. The van der Waals surface area contributed by atoms with Crippen LogP contribution < -0.4 is 10.2 Å². The zero-order valence-corrected chi connectivity index (χ0v) is 23.7. The monoisotopic (exact) mass is 561 g/mol. The van der Waals surface area contributed by atoms with Gasteiger partial charge >= 0.3 is 0 Å². The molecular weight excluding hydrogens is 522 g/mol. The fraction of sp³-hybridized carbons (Fsp3) is 0.433. The molecule has 10 heteroatoms. The van der Waals surface area contributed by atoms with E-state index in [9.17, 15) is 9.59 Å². The standard InChI is InChI=1S/C29H35N7O2S.CH4/c1-5-34(6-2)19(3)9-10-26(38)21-14-25(32-28(15-21)35-17-22(18-35)31-20(4)37)23-16-30-36-12-11-24(33-29(23)36)27-8-7-13-39-27;/h7-8,11-16,19,22H,5-6,9-10,17-18H2,1-4H3,(H,31,37);1H4/t19-;/m0./s1. The van der Waals surface area contributed by atoms with E-state index in [0.29, 0.717) is 42.5 Å². The van der Waals surface area contributed by atoms with Gasteiger partial charge in [0.25, 0.3) is 0 Å². The van der Waals surface area contributed by atoms with Gasteiger partial charge in [-0.1, -0.05) is 27.3 Å². The number of amides is 1. The van der Waals surface area contributed by atoms with Gasteiger partial charge in [0.2, 0.25) is 5.91 Å². The largest absolute Gasteiger partial charge is 0.352 e. The van der Waals surface area contributed by atoms with Crippen LogP contribution in [0.2, 0.25) is 0 Å². The number of fused-ring (bicyclic) bond motifs is 1. The summed E-state index contributed by atoms with van der Waals surface area (Å²) in [5, 5.41) is 9.49. The zero-order valence-electron chi connectivity index (χ0n) is 22.9. The van der Waals surface area contributed by atoms with Crippen LogP contribution in [0, 0.1) is 0 Å². The quantitative estimate of drug-likeness (QED) is 0.252. The lowest BCUT2D eigenvalue weighted by Gasteiger charge is -2.40. The Hall–Kier alpha value is -3.63. The van der Waals surface area contributed by atoms with Crippen LogP contribution in [-0.4, -0.2) is 74.4 Å². The van der Waals surface area contributed by atoms with Gasteiger partial charge in [-0.25, -0.2) is 14.5 Å². The van der Waals surface area contributed by atoms with Crippen molar-refractivity contribution in [2.75, 3.05) is 31.1 Å². The predicted octanol–water partition coefficient (Wildman–Crippen LogP) is 5.17. The summed E-state index contributed by atoms with van der Waals surface area (Å²) in [5.41, 5.74) is 3.65. The van der Waals surface area contributed by atoms with E-state index in [0.717, 1.165) is 41.5 Å². The number of carbonyl (C=O) groups excluding carboxylic acids is 2. The topological polar surface area (TPSA) is 95.7 Å². The van der Waals surface area contributed by atoms with Crippen molar-refractivity contribution in [1.29, 1.82) is 0 Å². The number of carbonyl (C=O) groups is 2. The molecule has 0 unspecified atom stereocenters. The van der Waals surface area contributed by atoms with E-state index in [-0.39, 0.29) is 25.2 Å². The molecule has 9 nitrogen and oxygen atoms in total. The number of nitrogens with zero attached hydrogens (tertiary/aromatic N) is 6. The molecule has 0 aliphatic carbocycles. The van der Waals surface area contributed by atoms with Gasteiger partial charge in [-0.15, -0.1) is 11.3 Å². The molecule has 0 saturated carbocycles. The van der Waals surface area contributed by atoms with Gasteiger partial charge in [-0.3, -0.25) is 9.59 Å². The van der Waals surface area contributed by atoms with E-state index in [4.69, 9.17) is 9.97 Å². The Balaban J connectivity index is 0.00000370. The lowest BCUT2D eigenvalue weighted by atomic mass is 10.0. The number of Topliss-reactive ketones (excluding diaryl/α,β-unsaturated/α-hetero) is 1. The lowest BCUT2D eigenvalue weighted by molar-refractivity contribution is -0.119. The third kappa shape index (κ3) is 6.23. The molecule has 0 bridgehead atoms. The first-order chi connectivity index (χ1) is 18.9. The molecule has 0 aromatic carbocycles. The number of thiophene rings is 1. The Kier molecular flexibility index (Phi) is 9.32. The molecule has 1 fully saturated rings. The molecule has 1 saturated heterocycles. The van der Waals surface area contributed by atoms with Crippen LogP contribution in [0.1, 0.15) is 58.3 Å². The smallest absolute Gasteiger partial charge is 0.217 e. The molecule has 4 aromatic heterocycles. The van der Waals surface area contributed by atoms with Crippen LogP contribution in [0.4, 0.5) is 5.82 Å². The van der Waals surface area contributed by atoms with Crippen LogP contribution >= 0.6 is 11.3 Å². The molecule has 0 radical (unpaired) electrons. The van der Waals surface area contributed by atoms with Gasteiger partial charge in [0.15, 0.2) is 11.4 Å². The van der Waals surface area contributed by atoms with Crippen molar-refractivity contribution >= 4 is 34.5 Å². The average molecular weight is 562 g/mol. The van der Waals surface area contributed by atoms with Crippen LogP contribution in [0.5, 0.6) is 0 Å². The Labute approximate surface area is 240 Å². The highest BCUT2D eigenvalue weighted by Crippen LogP contribution is 2.30. The molecule has 4 aromatic rings. The van der Waals surface area contributed by atoms with Gasteiger partial charge in [0, 0.05) is 44.2 Å². The van der Waals surface area contributed by atoms with Crippen LogP contribution in [0.15, 0.2) is 48.1 Å². The zero-order chi connectivity index (χ0) is 27.5. The summed E-state index contributed by atoms with van der Waals surface area (Å²) in [4.78, 5) is 40.4. The van der Waals surface area contributed by atoms with Gasteiger partial charge in [0.1, 0.15) is 5.82 Å². The fourth-order valence-electron chi connectivity index (χ4n) is 5.15. The number of hydrogen-bond donors (Lipinski definition) is 1. The van der Waals surface area contributed by atoms with E-state index >= 15 is 0 Å². The van der Waals surface area contributed by atoms with E-state index in [2.05, 4.69) is 41.0 Å². The Morgan fingerprint density at radius 1 is 1.15 bits per heavy atom. The van der Waals surface area contributed by atoms with E-state index in [1.165, 1.54) is 6.92 Å². The number of anilines is 1. The second-order valence-corrected chi connectivity index (χ2v) is 11.0. The van der Waals surface area contributed by atoms with Crippen molar-refractivity contribution in [1.82, 2.24) is 29.8 Å². The minimum absolute atomic E-state index is 0. The molecule has 5 heterocycles. The third-order valence-corrected chi connectivity index (χ3v) is 8.28. The highest BCUT2D eigenvalue weighted by molar-refractivity contribution is 7.13. The lowest BCUT2D eigenvalue weighted by Crippen LogP contribution is -2.59. The molecule has 1 atom stereocenters. The summed E-state index contributed by atoms with van der Waals surface area (Å²) in [6.45, 7) is 11.2. The van der Waals surface area contributed by atoms with Crippen molar-refractivity contribution in [3.63, 3.8) is 0 Å². The number of ketones is 1. The molecule has 212 valence electrons. The van der Waals surface area contributed by atoms with Crippen LogP contribution in [-0.2, 0) is 4.79 Å². The first-order valence-electron chi connectivity index (χ1n) is 13.6. The third-order valence-electron chi connectivity index (χ3n) is 7.39. The van der Waals surface area contributed by atoms with Crippen LogP contribution in [0.3, 0.4) is 0 Å². The van der Waals surface area contributed by atoms with Crippen molar-refractivity contribution < 1.29 is 9.59 Å². The number of rotatable bonds is 11. The number of aromatic nitrogens is 4. The maximum atomic E-state index is 13.5. The van der Waals surface area contributed by atoms with Gasteiger partial charge < -0.3 is 15.1 Å². The minimum atomic E-state index is -0.0430. The van der Waals surface area contributed by atoms with Gasteiger partial charge in [0.05, 0.1) is 34.1 Å². The maximum absolute atomic E-state index is 13.5. The van der Waals surface area contributed by atoms with E-state index in [1.54, 1.807) is 22.0 Å². The number of pyridine rings is 1. The SMILES string of the molecule is C.CCN(CC)[C@@H](C)CCC(=O)c1cc(-c2cnn3ccc(-c4cccs4)nc23)nc(N2CC(NC(C)=O)C2)c1. The normalized spacial score (nSPS) is 14.2. The molecule has 1 aliphatic heterocycles. The second kappa shape index (κ2) is 12.7. The first-order valence-corrected chi connectivity index (χ1v) is 14.4. The van der Waals surface area contributed by atoms with Gasteiger partial charge in [-0.2, -0.15) is 5.10 Å². The highest BCUT2D eigenvalue weighted by atomic mass is 32.1. The Bertz CT molecular complexity index is 1460. The Morgan fingerprint density at radius 3 is 2.60 bits per heavy atom. The summed E-state index contributed by atoms with van der Waals surface area (Å²) in [5.74, 6) is 0.781. The molecule has 40 heavy (non-hydrogen) atoms. The fourth-order valence-corrected chi connectivity index (χ4v) is 5.84. The minimum Gasteiger partial charge on any atom is -0.352 e. The highest BCUT2D eigenvalue weighted by Gasteiger charge is 2.29.